The number of esters is 1. The van der Waals surface area contributed by atoms with Crippen molar-refractivity contribution in [3.8, 4) is 0 Å². The van der Waals surface area contributed by atoms with Gasteiger partial charge in [-0.2, -0.15) is 0 Å². The molecule has 1 amide bonds. The highest BCUT2D eigenvalue weighted by molar-refractivity contribution is 5.83. The van der Waals surface area contributed by atoms with Crippen molar-refractivity contribution in [3.05, 3.63) is 0 Å². The van der Waals surface area contributed by atoms with Crippen LogP contribution in [0.25, 0.3) is 0 Å². The molecule has 126 valence electrons. The van der Waals surface area contributed by atoms with E-state index in [0.29, 0.717) is 13.1 Å². The largest absolute Gasteiger partial charge is 0.462 e. The first-order chi connectivity index (χ1) is 10.1. The van der Waals surface area contributed by atoms with Crippen LogP contribution in [0.15, 0.2) is 0 Å². The van der Waals surface area contributed by atoms with Crippen molar-refractivity contribution in [3.63, 3.8) is 0 Å². The Morgan fingerprint density at radius 2 is 1.91 bits per heavy atom. The molecule has 0 aromatic rings. The molecule has 0 radical (unpaired) electrons. The normalized spacial score (nSPS) is 26.0. The van der Waals surface area contributed by atoms with Crippen LogP contribution in [0.4, 0.5) is 4.79 Å². The SMILES string of the molecule is CC(C)OC(=O)[C@]1(C2CN(C(=O)OC(C)(C)C)C2)CCCN1. The first-order valence-electron chi connectivity index (χ1n) is 8.08. The van der Waals surface area contributed by atoms with Gasteiger partial charge in [-0.1, -0.05) is 0 Å². The zero-order chi connectivity index (χ0) is 16.5. The van der Waals surface area contributed by atoms with Crippen molar-refractivity contribution in [2.45, 2.75) is 64.7 Å². The Morgan fingerprint density at radius 1 is 1.27 bits per heavy atom. The van der Waals surface area contributed by atoms with Crippen LogP contribution in [0.1, 0.15) is 47.5 Å². The van der Waals surface area contributed by atoms with Crippen molar-refractivity contribution >= 4 is 12.1 Å². The second-order valence-corrected chi connectivity index (χ2v) is 7.54. The van der Waals surface area contributed by atoms with Crippen LogP contribution in [0.2, 0.25) is 0 Å². The monoisotopic (exact) mass is 312 g/mol. The van der Waals surface area contributed by atoms with Gasteiger partial charge < -0.3 is 19.7 Å². The van der Waals surface area contributed by atoms with Crippen molar-refractivity contribution in [2.75, 3.05) is 19.6 Å². The Balaban J connectivity index is 1.96. The Bertz CT molecular complexity index is 430. The van der Waals surface area contributed by atoms with Gasteiger partial charge in [0.15, 0.2) is 0 Å². The summed E-state index contributed by atoms with van der Waals surface area (Å²) in [7, 11) is 0. The summed E-state index contributed by atoms with van der Waals surface area (Å²) in [5.74, 6) is -0.0948. The number of ether oxygens (including phenoxy) is 2. The fourth-order valence-corrected chi connectivity index (χ4v) is 3.04. The fourth-order valence-electron chi connectivity index (χ4n) is 3.04. The summed E-state index contributed by atoms with van der Waals surface area (Å²) in [5.41, 5.74) is -1.13. The number of amides is 1. The average molecular weight is 312 g/mol. The van der Waals surface area contributed by atoms with E-state index in [1.807, 2.05) is 34.6 Å². The number of carbonyl (C=O) groups excluding carboxylic acids is 2. The van der Waals surface area contributed by atoms with Gasteiger partial charge in [-0.3, -0.25) is 4.79 Å². The topological polar surface area (TPSA) is 67.9 Å². The van der Waals surface area contributed by atoms with Crippen LogP contribution >= 0.6 is 0 Å². The molecule has 0 aromatic carbocycles. The van der Waals surface area contributed by atoms with Gasteiger partial charge in [-0.05, 0) is 54.0 Å². The molecule has 1 N–H and O–H groups in total. The number of rotatable bonds is 3. The lowest BCUT2D eigenvalue weighted by atomic mass is 9.77. The molecule has 22 heavy (non-hydrogen) atoms. The van der Waals surface area contributed by atoms with E-state index < -0.39 is 11.1 Å². The summed E-state index contributed by atoms with van der Waals surface area (Å²) in [6, 6.07) is 0. The quantitative estimate of drug-likeness (QED) is 0.807. The van der Waals surface area contributed by atoms with E-state index in [-0.39, 0.29) is 24.1 Å². The first kappa shape index (κ1) is 17.1. The van der Waals surface area contributed by atoms with Crippen LogP contribution in [-0.4, -0.2) is 53.8 Å². The minimum Gasteiger partial charge on any atom is -0.462 e. The summed E-state index contributed by atoms with van der Waals surface area (Å²) >= 11 is 0. The van der Waals surface area contributed by atoms with Crippen molar-refractivity contribution in [1.82, 2.24) is 10.2 Å². The molecule has 2 aliphatic heterocycles. The maximum atomic E-state index is 12.5. The smallest absolute Gasteiger partial charge is 0.410 e. The molecule has 0 aliphatic carbocycles. The molecule has 2 rings (SSSR count). The summed E-state index contributed by atoms with van der Waals surface area (Å²) in [6.45, 7) is 11.1. The first-order valence-corrected chi connectivity index (χ1v) is 8.08. The Hall–Kier alpha value is -1.30. The zero-order valence-electron chi connectivity index (χ0n) is 14.3. The molecule has 0 aromatic heterocycles. The molecule has 0 bridgehead atoms. The predicted molar refractivity (Wildman–Crippen MR) is 82.5 cm³/mol. The Kier molecular flexibility index (Phi) is 4.70. The lowest BCUT2D eigenvalue weighted by Gasteiger charge is -2.47. The summed E-state index contributed by atoms with van der Waals surface area (Å²) in [6.07, 6.45) is 1.28. The number of likely N-dealkylation sites (tertiary alicyclic amines) is 1. The molecule has 2 fully saturated rings. The lowest BCUT2D eigenvalue weighted by Crippen LogP contribution is -2.66. The third-order valence-corrected chi connectivity index (χ3v) is 4.13. The Labute approximate surface area is 132 Å². The zero-order valence-corrected chi connectivity index (χ0v) is 14.3. The van der Waals surface area contributed by atoms with E-state index in [0.717, 1.165) is 19.4 Å². The lowest BCUT2D eigenvalue weighted by molar-refractivity contribution is -0.160. The predicted octanol–water partition coefficient (Wildman–Crippen LogP) is 1.93. The highest BCUT2D eigenvalue weighted by Gasteiger charge is 2.54. The standard InChI is InChI=1S/C16H28N2O4/c1-11(2)21-13(19)16(7-6-8-17-16)12-9-18(10-12)14(20)22-15(3,4)5/h11-12,17H,6-10H2,1-5H3/t16-/m1/s1. The second-order valence-electron chi connectivity index (χ2n) is 7.54. The number of carbonyl (C=O) groups is 2. The summed E-state index contributed by atoms with van der Waals surface area (Å²) in [5, 5.41) is 3.33. The van der Waals surface area contributed by atoms with Crippen molar-refractivity contribution in [2.24, 2.45) is 5.92 Å². The maximum absolute atomic E-state index is 12.5. The van der Waals surface area contributed by atoms with Gasteiger partial charge in [0.05, 0.1) is 6.10 Å². The van der Waals surface area contributed by atoms with E-state index in [2.05, 4.69) is 5.32 Å². The molecule has 0 unspecified atom stereocenters. The number of nitrogens with one attached hydrogen (secondary N) is 1. The molecule has 2 heterocycles. The van der Waals surface area contributed by atoms with Gasteiger partial charge in [-0.25, -0.2) is 4.79 Å². The maximum Gasteiger partial charge on any atom is 0.410 e. The minimum absolute atomic E-state index is 0.0915. The molecular formula is C16H28N2O4. The van der Waals surface area contributed by atoms with Crippen LogP contribution in [0.5, 0.6) is 0 Å². The molecule has 0 saturated carbocycles. The Morgan fingerprint density at radius 3 is 2.36 bits per heavy atom. The molecule has 2 aliphatic rings. The second kappa shape index (κ2) is 6.07. The van der Waals surface area contributed by atoms with E-state index >= 15 is 0 Å². The van der Waals surface area contributed by atoms with E-state index in [1.165, 1.54) is 0 Å². The van der Waals surface area contributed by atoms with Crippen LogP contribution in [0.3, 0.4) is 0 Å². The van der Waals surface area contributed by atoms with Gasteiger partial charge in [0.2, 0.25) is 0 Å². The van der Waals surface area contributed by atoms with E-state index in [4.69, 9.17) is 9.47 Å². The van der Waals surface area contributed by atoms with Crippen LogP contribution in [0, 0.1) is 5.92 Å². The van der Waals surface area contributed by atoms with Crippen molar-refractivity contribution in [1.29, 1.82) is 0 Å². The van der Waals surface area contributed by atoms with Crippen molar-refractivity contribution < 1.29 is 19.1 Å². The third-order valence-electron chi connectivity index (χ3n) is 4.13. The van der Waals surface area contributed by atoms with Gasteiger partial charge in [0.25, 0.3) is 0 Å². The van der Waals surface area contributed by atoms with Gasteiger partial charge in [0.1, 0.15) is 11.1 Å². The van der Waals surface area contributed by atoms with E-state index in [9.17, 15) is 9.59 Å². The highest BCUT2D eigenvalue weighted by Crippen LogP contribution is 2.36. The minimum atomic E-state index is -0.636. The third kappa shape index (κ3) is 3.54. The van der Waals surface area contributed by atoms with Crippen LogP contribution in [-0.2, 0) is 14.3 Å². The number of hydrogen-bond donors (Lipinski definition) is 1. The molecule has 2 saturated heterocycles. The summed E-state index contributed by atoms with van der Waals surface area (Å²) in [4.78, 5) is 26.2. The van der Waals surface area contributed by atoms with Gasteiger partial charge in [0, 0.05) is 19.0 Å². The molecule has 6 nitrogen and oxygen atoms in total. The molecular weight excluding hydrogens is 284 g/mol. The highest BCUT2D eigenvalue weighted by atomic mass is 16.6. The van der Waals surface area contributed by atoms with Gasteiger partial charge >= 0.3 is 12.1 Å². The van der Waals surface area contributed by atoms with Crippen LogP contribution < -0.4 is 5.32 Å². The summed E-state index contributed by atoms with van der Waals surface area (Å²) < 4.78 is 10.8. The fraction of sp³-hybridized carbons (Fsp3) is 0.875. The van der Waals surface area contributed by atoms with Gasteiger partial charge in [-0.15, -0.1) is 0 Å². The number of nitrogens with zero attached hydrogens (tertiary/aromatic N) is 1. The molecule has 0 spiro atoms. The molecule has 6 heteroatoms. The average Bonchev–Trinajstić information content (AvgIpc) is 2.73. The number of hydrogen-bond acceptors (Lipinski definition) is 5. The van der Waals surface area contributed by atoms with E-state index in [1.54, 1.807) is 4.90 Å². The molecule has 1 atom stereocenters.